The average molecular weight is 451 g/mol. The summed E-state index contributed by atoms with van der Waals surface area (Å²) >= 11 is 0.246. The van der Waals surface area contributed by atoms with Crippen LogP contribution in [-0.4, -0.2) is 35.9 Å². The summed E-state index contributed by atoms with van der Waals surface area (Å²) in [5.41, 5.74) is -1.74. The molecule has 2 aromatic rings. The second-order valence-corrected chi connectivity index (χ2v) is 6.59. The van der Waals surface area contributed by atoms with Crippen molar-refractivity contribution in [3.8, 4) is 0 Å². The Morgan fingerprint density at radius 1 is 0.867 bits per heavy atom. The van der Waals surface area contributed by atoms with Crippen molar-refractivity contribution in [2.75, 3.05) is 12.9 Å². The highest BCUT2D eigenvalue weighted by molar-refractivity contribution is 8.14. The molecule has 160 valence electrons. The van der Waals surface area contributed by atoms with Gasteiger partial charge in [0.1, 0.15) is 6.04 Å². The van der Waals surface area contributed by atoms with Crippen molar-refractivity contribution in [2.24, 2.45) is 0 Å². The van der Waals surface area contributed by atoms with E-state index in [0.717, 1.165) is 7.11 Å². The van der Waals surface area contributed by atoms with Crippen LogP contribution in [0.2, 0.25) is 0 Å². The van der Waals surface area contributed by atoms with Crippen LogP contribution in [0.15, 0.2) is 24.3 Å². The minimum Gasteiger partial charge on any atom is -0.467 e. The van der Waals surface area contributed by atoms with Crippen molar-refractivity contribution in [3.05, 3.63) is 70.3 Å². The van der Waals surface area contributed by atoms with Crippen molar-refractivity contribution in [1.82, 2.24) is 5.32 Å². The summed E-state index contributed by atoms with van der Waals surface area (Å²) in [5, 5.41) is 0.867. The largest absolute Gasteiger partial charge is 0.467 e. The van der Waals surface area contributed by atoms with Crippen LogP contribution in [0.5, 0.6) is 0 Å². The first-order chi connectivity index (χ1) is 14.1. The van der Waals surface area contributed by atoms with E-state index < -0.39 is 74.8 Å². The van der Waals surface area contributed by atoms with Gasteiger partial charge in [-0.3, -0.25) is 9.59 Å². The number of benzene rings is 2. The summed E-state index contributed by atoms with van der Waals surface area (Å²) in [4.78, 5) is 36.0. The number of methoxy groups -OCH3 is 1. The molecule has 1 atom stereocenters. The number of rotatable bonds is 6. The van der Waals surface area contributed by atoms with Gasteiger partial charge in [-0.2, -0.15) is 0 Å². The lowest BCUT2D eigenvalue weighted by Gasteiger charge is -2.16. The van der Waals surface area contributed by atoms with Crippen LogP contribution in [0.25, 0.3) is 0 Å². The molecule has 0 aliphatic heterocycles. The highest BCUT2D eigenvalue weighted by Crippen LogP contribution is 2.21. The Balaban J connectivity index is 2.16. The zero-order valence-corrected chi connectivity index (χ0v) is 15.7. The smallest absolute Gasteiger partial charge is 0.329 e. The fourth-order valence-electron chi connectivity index (χ4n) is 2.17. The molecule has 0 saturated carbocycles. The van der Waals surface area contributed by atoms with Gasteiger partial charge >= 0.3 is 5.97 Å². The predicted octanol–water partition coefficient (Wildman–Crippen LogP) is 3.37. The molecule has 12 heteroatoms. The number of nitrogens with one attached hydrogen (secondary N) is 1. The lowest BCUT2D eigenvalue weighted by atomic mass is 10.1. The highest BCUT2D eigenvalue weighted by atomic mass is 32.2. The predicted molar refractivity (Wildman–Crippen MR) is 92.7 cm³/mol. The Hall–Kier alpha value is -3.02. The van der Waals surface area contributed by atoms with Crippen LogP contribution in [0.3, 0.4) is 0 Å². The average Bonchev–Trinajstić information content (AvgIpc) is 2.72. The van der Waals surface area contributed by atoms with Gasteiger partial charge in [-0.25, -0.2) is 31.1 Å². The molecule has 0 aromatic heterocycles. The maximum absolute atomic E-state index is 13.7. The van der Waals surface area contributed by atoms with Gasteiger partial charge in [0, 0.05) is 5.75 Å². The number of carbonyl (C=O) groups excluding carboxylic acids is 3. The number of ether oxygens (including phenoxy) is 1. The first-order valence-electron chi connectivity index (χ1n) is 7.91. The van der Waals surface area contributed by atoms with Crippen LogP contribution < -0.4 is 5.32 Å². The van der Waals surface area contributed by atoms with E-state index >= 15 is 0 Å². The molecule has 0 heterocycles. The van der Waals surface area contributed by atoms with Crippen molar-refractivity contribution >= 4 is 28.8 Å². The van der Waals surface area contributed by atoms with Gasteiger partial charge in [0.15, 0.2) is 34.9 Å². The van der Waals surface area contributed by atoms with Crippen molar-refractivity contribution < 1.29 is 45.5 Å². The summed E-state index contributed by atoms with van der Waals surface area (Å²) in [5.74, 6) is -13.4. The maximum atomic E-state index is 13.7. The zero-order chi connectivity index (χ0) is 22.6. The third kappa shape index (κ3) is 4.93. The Morgan fingerprint density at radius 3 is 1.90 bits per heavy atom. The molecule has 30 heavy (non-hydrogen) atoms. The monoisotopic (exact) mass is 451 g/mol. The Morgan fingerprint density at radius 2 is 1.37 bits per heavy atom. The molecule has 0 saturated heterocycles. The van der Waals surface area contributed by atoms with Gasteiger partial charge in [-0.05, 0) is 24.3 Å². The minimum absolute atomic E-state index is 0.246. The van der Waals surface area contributed by atoms with E-state index in [1.807, 2.05) is 5.32 Å². The third-order valence-electron chi connectivity index (χ3n) is 3.71. The van der Waals surface area contributed by atoms with E-state index in [0.29, 0.717) is 24.3 Å². The van der Waals surface area contributed by atoms with Gasteiger partial charge in [0.25, 0.3) is 5.91 Å². The normalized spacial score (nSPS) is 11.7. The van der Waals surface area contributed by atoms with E-state index in [1.54, 1.807) is 0 Å². The fourth-order valence-corrected chi connectivity index (χ4v) is 3.02. The van der Waals surface area contributed by atoms with Crippen molar-refractivity contribution in [1.29, 1.82) is 0 Å². The van der Waals surface area contributed by atoms with Gasteiger partial charge in [0.2, 0.25) is 5.12 Å². The van der Waals surface area contributed by atoms with Crippen LogP contribution in [0, 0.1) is 34.9 Å². The van der Waals surface area contributed by atoms with Gasteiger partial charge < -0.3 is 10.1 Å². The molecule has 1 N–H and O–H groups in total. The molecule has 0 fully saturated rings. The quantitative estimate of drug-likeness (QED) is 0.414. The number of hydrogen-bond donors (Lipinski definition) is 1. The van der Waals surface area contributed by atoms with E-state index in [-0.39, 0.29) is 11.8 Å². The van der Waals surface area contributed by atoms with Crippen molar-refractivity contribution in [3.63, 3.8) is 0 Å². The lowest BCUT2D eigenvalue weighted by molar-refractivity contribution is -0.142. The Kier molecular flexibility index (Phi) is 7.48. The van der Waals surface area contributed by atoms with Crippen LogP contribution in [0.4, 0.5) is 26.3 Å². The van der Waals surface area contributed by atoms with E-state index in [9.17, 15) is 40.7 Å². The molecular weight excluding hydrogens is 440 g/mol. The number of hydrogen-bond acceptors (Lipinski definition) is 5. The van der Waals surface area contributed by atoms with E-state index in [1.165, 1.54) is 0 Å². The second-order valence-electron chi connectivity index (χ2n) is 5.59. The molecule has 1 unspecified atom stereocenters. The zero-order valence-electron chi connectivity index (χ0n) is 14.9. The first-order valence-corrected chi connectivity index (χ1v) is 8.89. The summed E-state index contributed by atoms with van der Waals surface area (Å²) < 4.78 is 84.3. The topological polar surface area (TPSA) is 72.5 Å². The number of thioether (sulfide) groups is 1. The minimum atomic E-state index is -1.91. The Bertz CT molecular complexity index is 1020. The summed E-state index contributed by atoms with van der Waals surface area (Å²) in [6.45, 7) is 0. The molecule has 2 aromatic carbocycles. The molecule has 0 bridgehead atoms. The number of halogens is 6. The molecule has 0 aliphatic rings. The molecule has 0 radical (unpaired) electrons. The van der Waals surface area contributed by atoms with Crippen LogP contribution in [0.1, 0.15) is 20.7 Å². The van der Waals surface area contributed by atoms with Crippen LogP contribution in [-0.2, 0) is 9.53 Å². The SMILES string of the molecule is COC(=O)C(CSC(=O)c1ccc(F)c(F)c1F)NC(=O)c1ccc(F)c(F)c1F. The lowest BCUT2D eigenvalue weighted by Crippen LogP contribution is -2.44. The highest BCUT2D eigenvalue weighted by Gasteiger charge is 2.27. The molecule has 5 nitrogen and oxygen atoms in total. The summed E-state index contributed by atoms with van der Waals surface area (Å²) in [7, 11) is 0.932. The second kappa shape index (κ2) is 9.65. The summed E-state index contributed by atoms with van der Waals surface area (Å²) in [6, 6.07) is 0.734. The molecule has 1 amide bonds. The van der Waals surface area contributed by atoms with Crippen molar-refractivity contribution in [2.45, 2.75) is 6.04 Å². The van der Waals surface area contributed by atoms with Gasteiger partial charge in [0.05, 0.1) is 18.2 Å². The van der Waals surface area contributed by atoms with Gasteiger partial charge in [-0.1, -0.05) is 11.8 Å². The maximum Gasteiger partial charge on any atom is 0.329 e. The first kappa shape index (κ1) is 23.3. The molecule has 2 rings (SSSR count). The number of amides is 1. The van der Waals surface area contributed by atoms with E-state index in [4.69, 9.17) is 0 Å². The third-order valence-corrected chi connectivity index (χ3v) is 4.69. The Labute approximate surface area is 169 Å². The van der Waals surface area contributed by atoms with Crippen LogP contribution >= 0.6 is 11.8 Å². The fraction of sp³-hybridized carbons (Fsp3) is 0.167. The number of esters is 1. The summed E-state index contributed by atoms with van der Waals surface area (Å²) in [6.07, 6.45) is 0. The number of carbonyl (C=O) groups is 3. The molecule has 0 aliphatic carbocycles. The standard InChI is InChI=1S/C18H11F6NO4S/c1-29-17(27)11(25-16(26)7-2-4-9(19)14(23)12(7)21)6-30-18(28)8-3-5-10(20)15(24)13(8)22/h2-5,11H,6H2,1H3,(H,25,26). The molecule has 0 spiro atoms. The van der Waals surface area contributed by atoms with Gasteiger partial charge in [-0.15, -0.1) is 0 Å². The van der Waals surface area contributed by atoms with E-state index in [2.05, 4.69) is 4.74 Å². The molecular formula is C18H11F6NO4S.